The highest BCUT2D eigenvalue weighted by Gasteiger charge is 2.09. The summed E-state index contributed by atoms with van der Waals surface area (Å²) in [5.41, 5.74) is 0. The van der Waals surface area contributed by atoms with Gasteiger partial charge in [-0.3, -0.25) is 0 Å². The van der Waals surface area contributed by atoms with E-state index in [1.54, 1.807) is 0 Å². The normalized spacial score (nSPS) is 21.0. The zero-order chi connectivity index (χ0) is 10.2. The van der Waals surface area contributed by atoms with Crippen molar-refractivity contribution in [3.63, 3.8) is 0 Å². The van der Waals surface area contributed by atoms with Crippen LogP contribution in [0.2, 0.25) is 0 Å². The van der Waals surface area contributed by atoms with Crippen molar-refractivity contribution in [3.05, 3.63) is 0 Å². The summed E-state index contributed by atoms with van der Waals surface area (Å²) >= 11 is 0. The number of nitrogens with zero attached hydrogens (tertiary/aromatic N) is 1. The molecule has 1 rings (SSSR count). The predicted molar refractivity (Wildman–Crippen MR) is 62.6 cm³/mol. The largest absolute Gasteiger partial charge is 0.314 e. The molecule has 1 unspecified atom stereocenters. The minimum atomic E-state index is 0.933. The van der Waals surface area contributed by atoms with Crippen LogP contribution >= 0.6 is 0 Å². The van der Waals surface area contributed by atoms with Gasteiger partial charge < -0.3 is 10.2 Å². The minimum absolute atomic E-state index is 0.933. The van der Waals surface area contributed by atoms with Crippen molar-refractivity contribution in [1.29, 1.82) is 0 Å². The summed E-state index contributed by atoms with van der Waals surface area (Å²) < 4.78 is 0. The second-order valence-electron chi connectivity index (χ2n) is 4.63. The standard InChI is InChI=1S/C12H26N2/c1-3-5-12(2)6-4-9-14-10-7-13-8-11-14/h12-13H,3-11H2,1-2H3. The SMILES string of the molecule is CCCC(C)CCCN1CCNCC1. The third kappa shape index (κ3) is 4.97. The van der Waals surface area contributed by atoms with Gasteiger partial charge in [-0.25, -0.2) is 0 Å². The molecule has 84 valence electrons. The smallest absolute Gasteiger partial charge is 0.0107 e. The lowest BCUT2D eigenvalue weighted by Crippen LogP contribution is -2.43. The maximum atomic E-state index is 3.39. The Morgan fingerprint density at radius 1 is 1.21 bits per heavy atom. The molecule has 1 heterocycles. The van der Waals surface area contributed by atoms with Crippen LogP contribution in [0.15, 0.2) is 0 Å². The maximum absolute atomic E-state index is 3.39. The molecule has 0 radical (unpaired) electrons. The fourth-order valence-electron chi connectivity index (χ4n) is 2.24. The molecule has 0 aliphatic carbocycles. The molecule has 0 aromatic heterocycles. The van der Waals surface area contributed by atoms with Gasteiger partial charge in [0.05, 0.1) is 0 Å². The highest BCUT2D eigenvalue weighted by Crippen LogP contribution is 2.12. The lowest BCUT2D eigenvalue weighted by molar-refractivity contribution is 0.231. The summed E-state index contributed by atoms with van der Waals surface area (Å²) in [5, 5.41) is 3.39. The average molecular weight is 198 g/mol. The molecule has 2 nitrogen and oxygen atoms in total. The van der Waals surface area contributed by atoms with Crippen LogP contribution in [0.25, 0.3) is 0 Å². The Balaban J connectivity index is 1.96. The van der Waals surface area contributed by atoms with E-state index in [9.17, 15) is 0 Å². The molecule has 0 saturated carbocycles. The molecule has 1 atom stereocenters. The first-order valence-electron chi connectivity index (χ1n) is 6.26. The van der Waals surface area contributed by atoms with E-state index in [1.807, 2.05) is 0 Å². The summed E-state index contributed by atoms with van der Waals surface area (Å²) in [5.74, 6) is 0.933. The van der Waals surface area contributed by atoms with Crippen molar-refractivity contribution >= 4 is 0 Å². The fraction of sp³-hybridized carbons (Fsp3) is 1.00. The average Bonchev–Trinajstić information content (AvgIpc) is 2.20. The zero-order valence-corrected chi connectivity index (χ0v) is 9.89. The Kier molecular flexibility index (Phi) is 6.20. The van der Waals surface area contributed by atoms with Crippen LogP contribution in [0, 0.1) is 5.92 Å². The second-order valence-corrected chi connectivity index (χ2v) is 4.63. The lowest BCUT2D eigenvalue weighted by atomic mass is 10.0. The minimum Gasteiger partial charge on any atom is -0.314 e. The van der Waals surface area contributed by atoms with Crippen LogP contribution in [0.1, 0.15) is 39.5 Å². The van der Waals surface area contributed by atoms with E-state index < -0.39 is 0 Å². The van der Waals surface area contributed by atoms with Crippen molar-refractivity contribution in [2.75, 3.05) is 32.7 Å². The Morgan fingerprint density at radius 2 is 1.93 bits per heavy atom. The molecule has 0 spiro atoms. The lowest BCUT2D eigenvalue weighted by Gasteiger charge is -2.27. The number of piperazine rings is 1. The fourth-order valence-corrected chi connectivity index (χ4v) is 2.24. The molecule has 1 fully saturated rings. The van der Waals surface area contributed by atoms with Gasteiger partial charge in [-0.15, -0.1) is 0 Å². The van der Waals surface area contributed by atoms with Gasteiger partial charge in [0, 0.05) is 26.2 Å². The number of nitrogens with one attached hydrogen (secondary N) is 1. The van der Waals surface area contributed by atoms with E-state index in [1.165, 1.54) is 58.4 Å². The molecule has 0 aromatic rings. The summed E-state index contributed by atoms with van der Waals surface area (Å²) in [6.45, 7) is 10.9. The van der Waals surface area contributed by atoms with Gasteiger partial charge in [0.1, 0.15) is 0 Å². The third-order valence-corrected chi connectivity index (χ3v) is 3.16. The highest BCUT2D eigenvalue weighted by molar-refractivity contribution is 4.67. The van der Waals surface area contributed by atoms with Crippen LogP contribution in [0.3, 0.4) is 0 Å². The molecule has 1 aliphatic heterocycles. The quantitative estimate of drug-likeness (QED) is 0.703. The molecule has 1 aliphatic rings. The number of rotatable bonds is 6. The molecule has 0 aromatic carbocycles. The zero-order valence-electron chi connectivity index (χ0n) is 9.89. The third-order valence-electron chi connectivity index (χ3n) is 3.16. The predicted octanol–water partition coefficient (Wildman–Crippen LogP) is 2.11. The van der Waals surface area contributed by atoms with E-state index in [4.69, 9.17) is 0 Å². The van der Waals surface area contributed by atoms with Gasteiger partial charge in [0.25, 0.3) is 0 Å². The monoisotopic (exact) mass is 198 g/mol. The van der Waals surface area contributed by atoms with Crippen molar-refractivity contribution < 1.29 is 0 Å². The van der Waals surface area contributed by atoms with Gasteiger partial charge >= 0.3 is 0 Å². The summed E-state index contributed by atoms with van der Waals surface area (Å²) in [7, 11) is 0. The van der Waals surface area contributed by atoms with Crippen LogP contribution in [-0.4, -0.2) is 37.6 Å². The molecule has 0 bridgehead atoms. The summed E-state index contributed by atoms with van der Waals surface area (Å²) in [4.78, 5) is 2.59. The molecule has 2 heteroatoms. The molecule has 1 saturated heterocycles. The Labute approximate surface area is 89.1 Å². The van der Waals surface area contributed by atoms with Gasteiger partial charge in [-0.1, -0.05) is 26.7 Å². The van der Waals surface area contributed by atoms with Gasteiger partial charge in [-0.2, -0.15) is 0 Å². The van der Waals surface area contributed by atoms with E-state index in [0.29, 0.717) is 0 Å². The number of hydrogen-bond donors (Lipinski definition) is 1. The van der Waals surface area contributed by atoms with E-state index in [2.05, 4.69) is 24.1 Å². The van der Waals surface area contributed by atoms with E-state index >= 15 is 0 Å². The van der Waals surface area contributed by atoms with E-state index in [-0.39, 0.29) is 0 Å². The van der Waals surface area contributed by atoms with Crippen LogP contribution in [-0.2, 0) is 0 Å². The Bertz CT molecular complexity index is 130. The molecule has 14 heavy (non-hydrogen) atoms. The second kappa shape index (κ2) is 7.24. The topological polar surface area (TPSA) is 15.3 Å². The first kappa shape index (κ1) is 12.0. The summed E-state index contributed by atoms with van der Waals surface area (Å²) in [6.07, 6.45) is 5.55. The van der Waals surface area contributed by atoms with Crippen molar-refractivity contribution in [2.45, 2.75) is 39.5 Å². The van der Waals surface area contributed by atoms with Gasteiger partial charge in [0.2, 0.25) is 0 Å². The van der Waals surface area contributed by atoms with Crippen LogP contribution in [0.4, 0.5) is 0 Å². The Morgan fingerprint density at radius 3 is 2.57 bits per heavy atom. The molecule has 0 amide bonds. The van der Waals surface area contributed by atoms with Gasteiger partial charge in [0.15, 0.2) is 0 Å². The van der Waals surface area contributed by atoms with Crippen molar-refractivity contribution in [3.8, 4) is 0 Å². The number of hydrogen-bond acceptors (Lipinski definition) is 2. The highest BCUT2D eigenvalue weighted by atomic mass is 15.2. The summed E-state index contributed by atoms with van der Waals surface area (Å²) in [6, 6.07) is 0. The Hall–Kier alpha value is -0.0800. The molecular formula is C12H26N2. The van der Waals surface area contributed by atoms with Crippen molar-refractivity contribution in [2.24, 2.45) is 5.92 Å². The molecule has 1 N–H and O–H groups in total. The van der Waals surface area contributed by atoms with Gasteiger partial charge in [-0.05, 0) is 25.3 Å². The van der Waals surface area contributed by atoms with Crippen LogP contribution < -0.4 is 5.32 Å². The van der Waals surface area contributed by atoms with Crippen LogP contribution in [0.5, 0.6) is 0 Å². The van der Waals surface area contributed by atoms with E-state index in [0.717, 1.165) is 5.92 Å². The first-order chi connectivity index (χ1) is 6.83. The van der Waals surface area contributed by atoms with Crippen molar-refractivity contribution in [1.82, 2.24) is 10.2 Å². The first-order valence-corrected chi connectivity index (χ1v) is 6.26. The molecular weight excluding hydrogens is 172 g/mol. The maximum Gasteiger partial charge on any atom is 0.0107 e.